The topological polar surface area (TPSA) is 26.3 Å². The van der Waals surface area contributed by atoms with E-state index in [2.05, 4.69) is 19.1 Å². The third-order valence-corrected chi connectivity index (χ3v) is 5.39. The van der Waals surface area contributed by atoms with E-state index in [4.69, 9.17) is 4.74 Å². The molecule has 2 aromatic rings. The van der Waals surface area contributed by atoms with E-state index in [0.29, 0.717) is 17.2 Å². The van der Waals surface area contributed by atoms with Gasteiger partial charge in [-0.3, -0.25) is 0 Å². The number of carbonyl (C=O) groups is 1. The molecule has 0 unspecified atom stereocenters. The second-order valence-electron chi connectivity index (χ2n) is 7.33. The van der Waals surface area contributed by atoms with E-state index in [0.717, 1.165) is 11.5 Å². The maximum atomic E-state index is 12.2. The van der Waals surface area contributed by atoms with E-state index in [1.165, 1.54) is 44.1 Å². The molecular formula is C23H28O2. The summed E-state index contributed by atoms with van der Waals surface area (Å²) in [5.74, 6) is 1.91. The van der Waals surface area contributed by atoms with E-state index in [9.17, 15) is 4.79 Å². The molecule has 2 heteroatoms. The van der Waals surface area contributed by atoms with E-state index in [1.54, 1.807) is 12.1 Å². The SMILES string of the molecule is CCCC1CCC(c2ccc(OC(=O)c3ccc(C)cc3)cc2)CC1. The molecule has 1 saturated carbocycles. The molecule has 0 amide bonds. The first kappa shape index (κ1) is 17.7. The Morgan fingerprint density at radius 1 is 0.960 bits per heavy atom. The Hall–Kier alpha value is -2.09. The van der Waals surface area contributed by atoms with Crippen LogP contribution in [0.5, 0.6) is 5.75 Å². The van der Waals surface area contributed by atoms with Crippen molar-refractivity contribution in [3.8, 4) is 5.75 Å². The van der Waals surface area contributed by atoms with Gasteiger partial charge in [0.05, 0.1) is 5.56 Å². The molecule has 1 aliphatic rings. The summed E-state index contributed by atoms with van der Waals surface area (Å²) in [5.41, 5.74) is 3.10. The van der Waals surface area contributed by atoms with Crippen molar-refractivity contribution in [1.29, 1.82) is 0 Å². The maximum Gasteiger partial charge on any atom is 0.343 e. The largest absolute Gasteiger partial charge is 0.423 e. The average molecular weight is 336 g/mol. The predicted molar refractivity (Wildman–Crippen MR) is 102 cm³/mol. The minimum Gasteiger partial charge on any atom is -0.423 e. The molecule has 1 fully saturated rings. The minimum absolute atomic E-state index is 0.298. The fourth-order valence-electron chi connectivity index (χ4n) is 3.86. The van der Waals surface area contributed by atoms with Gasteiger partial charge in [0, 0.05) is 0 Å². The van der Waals surface area contributed by atoms with Crippen molar-refractivity contribution >= 4 is 5.97 Å². The highest BCUT2D eigenvalue weighted by atomic mass is 16.5. The molecule has 0 aromatic heterocycles. The third-order valence-electron chi connectivity index (χ3n) is 5.39. The lowest BCUT2D eigenvalue weighted by atomic mass is 9.77. The van der Waals surface area contributed by atoms with Gasteiger partial charge in [0.2, 0.25) is 0 Å². The van der Waals surface area contributed by atoms with Crippen LogP contribution in [0.4, 0.5) is 0 Å². The fourth-order valence-corrected chi connectivity index (χ4v) is 3.86. The zero-order valence-electron chi connectivity index (χ0n) is 15.3. The monoisotopic (exact) mass is 336 g/mol. The molecule has 0 bridgehead atoms. The van der Waals surface area contributed by atoms with Gasteiger partial charge in [0.15, 0.2) is 0 Å². The van der Waals surface area contributed by atoms with Crippen molar-refractivity contribution in [1.82, 2.24) is 0 Å². The minimum atomic E-state index is -0.298. The first-order valence-electron chi connectivity index (χ1n) is 9.54. The number of hydrogen-bond acceptors (Lipinski definition) is 2. The fraction of sp³-hybridized carbons (Fsp3) is 0.435. The van der Waals surface area contributed by atoms with Gasteiger partial charge in [-0.05, 0) is 74.3 Å². The molecule has 0 N–H and O–H groups in total. The normalized spacial score (nSPS) is 20.2. The Bertz CT molecular complexity index is 677. The molecule has 132 valence electrons. The Kier molecular flexibility index (Phi) is 5.91. The smallest absolute Gasteiger partial charge is 0.343 e. The van der Waals surface area contributed by atoms with Crippen molar-refractivity contribution in [3.63, 3.8) is 0 Å². The third kappa shape index (κ3) is 4.72. The molecule has 0 spiro atoms. The second kappa shape index (κ2) is 8.33. The lowest BCUT2D eigenvalue weighted by molar-refractivity contribution is 0.0734. The van der Waals surface area contributed by atoms with Crippen LogP contribution in [-0.2, 0) is 0 Å². The first-order chi connectivity index (χ1) is 12.2. The van der Waals surface area contributed by atoms with Crippen LogP contribution < -0.4 is 4.74 Å². The van der Waals surface area contributed by atoms with E-state index in [-0.39, 0.29) is 5.97 Å². The van der Waals surface area contributed by atoms with Crippen molar-refractivity contribution in [2.75, 3.05) is 0 Å². The van der Waals surface area contributed by atoms with Gasteiger partial charge >= 0.3 is 5.97 Å². The summed E-state index contributed by atoms with van der Waals surface area (Å²) in [7, 11) is 0. The van der Waals surface area contributed by atoms with E-state index >= 15 is 0 Å². The van der Waals surface area contributed by atoms with Gasteiger partial charge in [-0.2, -0.15) is 0 Å². The van der Waals surface area contributed by atoms with Crippen molar-refractivity contribution < 1.29 is 9.53 Å². The molecular weight excluding hydrogens is 308 g/mol. The highest BCUT2D eigenvalue weighted by molar-refractivity contribution is 5.91. The number of benzene rings is 2. The second-order valence-corrected chi connectivity index (χ2v) is 7.33. The number of ether oxygens (including phenoxy) is 1. The Morgan fingerprint density at radius 3 is 2.20 bits per heavy atom. The van der Waals surface area contributed by atoms with Crippen molar-refractivity contribution in [3.05, 3.63) is 65.2 Å². The molecule has 0 aliphatic heterocycles. The molecule has 0 heterocycles. The lowest BCUT2D eigenvalue weighted by Gasteiger charge is -2.28. The molecule has 25 heavy (non-hydrogen) atoms. The van der Waals surface area contributed by atoms with Gasteiger partial charge in [0.1, 0.15) is 5.75 Å². The molecule has 0 saturated heterocycles. The standard InChI is InChI=1S/C23H28O2/c1-3-4-18-7-11-19(12-8-18)20-13-15-22(16-14-20)25-23(24)21-9-5-17(2)6-10-21/h5-6,9-10,13-16,18-19H,3-4,7-8,11-12H2,1-2H3. The number of esters is 1. The van der Waals surface area contributed by atoms with Crippen LogP contribution in [0, 0.1) is 12.8 Å². The van der Waals surface area contributed by atoms with Crippen molar-refractivity contribution in [2.45, 2.75) is 58.3 Å². The molecule has 0 radical (unpaired) electrons. The molecule has 2 nitrogen and oxygen atoms in total. The van der Waals surface area contributed by atoms with Crippen LogP contribution in [0.25, 0.3) is 0 Å². The van der Waals surface area contributed by atoms with Crippen LogP contribution in [0.15, 0.2) is 48.5 Å². The van der Waals surface area contributed by atoms with E-state index in [1.807, 2.05) is 31.2 Å². The van der Waals surface area contributed by atoms with Gasteiger partial charge < -0.3 is 4.74 Å². The van der Waals surface area contributed by atoms with Crippen LogP contribution >= 0.6 is 0 Å². The average Bonchev–Trinajstić information content (AvgIpc) is 2.64. The van der Waals surface area contributed by atoms with Crippen LogP contribution in [-0.4, -0.2) is 5.97 Å². The lowest BCUT2D eigenvalue weighted by Crippen LogP contribution is -2.13. The summed E-state index contributed by atoms with van der Waals surface area (Å²) in [6.45, 7) is 4.28. The van der Waals surface area contributed by atoms with E-state index < -0.39 is 0 Å². The Morgan fingerprint density at radius 2 is 1.60 bits per heavy atom. The summed E-state index contributed by atoms with van der Waals surface area (Å²) >= 11 is 0. The number of hydrogen-bond donors (Lipinski definition) is 0. The van der Waals surface area contributed by atoms with Gasteiger partial charge in [-0.1, -0.05) is 49.6 Å². The van der Waals surface area contributed by atoms with Crippen LogP contribution in [0.2, 0.25) is 0 Å². The predicted octanol–water partition coefficient (Wildman–Crippen LogP) is 6.29. The van der Waals surface area contributed by atoms with Gasteiger partial charge in [-0.15, -0.1) is 0 Å². The Balaban J connectivity index is 1.57. The summed E-state index contributed by atoms with van der Waals surface area (Å²) in [4.78, 5) is 12.2. The first-order valence-corrected chi connectivity index (χ1v) is 9.54. The number of carbonyl (C=O) groups excluding carboxylic acids is 1. The van der Waals surface area contributed by atoms with Crippen LogP contribution in [0.3, 0.4) is 0 Å². The van der Waals surface area contributed by atoms with Crippen LogP contribution in [0.1, 0.15) is 72.9 Å². The zero-order chi connectivity index (χ0) is 17.6. The summed E-state index contributed by atoms with van der Waals surface area (Å²) < 4.78 is 5.49. The van der Waals surface area contributed by atoms with Gasteiger partial charge in [0.25, 0.3) is 0 Å². The summed E-state index contributed by atoms with van der Waals surface area (Å²) in [6, 6.07) is 15.6. The van der Waals surface area contributed by atoms with Gasteiger partial charge in [-0.25, -0.2) is 4.79 Å². The maximum absolute atomic E-state index is 12.2. The molecule has 2 aromatic carbocycles. The highest BCUT2D eigenvalue weighted by Gasteiger charge is 2.21. The number of rotatable bonds is 5. The van der Waals surface area contributed by atoms with Crippen molar-refractivity contribution in [2.24, 2.45) is 5.92 Å². The number of aryl methyl sites for hydroxylation is 1. The summed E-state index contributed by atoms with van der Waals surface area (Å²) in [6.07, 6.45) is 7.95. The quantitative estimate of drug-likeness (QED) is 0.474. The Labute approximate surface area is 151 Å². The molecule has 0 atom stereocenters. The molecule has 3 rings (SSSR count). The summed E-state index contributed by atoms with van der Waals surface area (Å²) in [5, 5.41) is 0. The molecule has 1 aliphatic carbocycles. The zero-order valence-corrected chi connectivity index (χ0v) is 15.3. The highest BCUT2D eigenvalue weighted by Crippen LogP contribution is 2.37.